The molecular weight excluding hydrogens is 146 g/mol. The van der Waals surface area contributed by atoms with Crippen LogP contribution in [0.4, 0.5) is 0 Å². The minimum Gasteiger partial charge on any atom is -0.319 e. The molecular formula is C11H21N. The maximum absolute atomic E-state index is 3.80. The van der Waals surface area contributed by atoms with Crippen molar-refractivity contribution in [1.29, 1.82) is 0 Å². The van der Waals surface area contributed by atoms with E-state index in [1.807, 2.05) is 19.2 Å². The number of allylic oxidation sites excluding steroid dienone is 2. The van der Waals surface area contributed by atoms with Crippen molar-refractivity contribution in [2.75, 3.05) is 13.6 Å². The van der Waals surface area contributed by atoms with E-state index in [4.69, 9.17) is 0 Å². The van der Waals surface area contributed by atoms with Crippen molar-refractivity contribution in [3.63, 3.8) is 0 Å². The van der Waals surface area contributed by atoms with E-state index in [2.05, 4.69) is 25.4 Å². The fourth-order valence-electron chi connectivity index (χ4n) is 1.63. The lowest BCUT2D eigenvalue weighted by atomic mass is 9.78. The molecule has 0 amide bonds. The Labute approximate surface area is 76.6 Å². The summed E-state index contributed by atoms with van der Waals surface area (Å²) in [7, 11) is 2.00. The average molecular weight is 167 g/mol. The minimum atomic E-state index is 0.345. The van der Waals surface area contributed by atoms with Crippen molar-refractivity contribution < 1.29 is 0 Å². The quantitative estimate of drug-likeness (QED) is 0.575. The van der Waals surface area contributed by atoms with E-state index >= 15 is 0 Å². The summed E-state index contributed by atoms with van der Waals surface area (Å²) in [5, 5.41) is 3.23. The lowest BCUT2D eigenvalue weighted by Gasteiger charge is -2.30. The van der Waals surface area contributed by atoms with Crippen molar-refractivity contribution in [3.8, 4) is 0 Å². The molecule has 0 bridgehead atoms. The van der Waals surface area contributed by atoms with Gasteiger partial charge in [-0.05, 0) is 31.7 Å². The molecule has 1 N–H and O–H groups in total. The van der Waals surface area contributed by atoms with Crippen molar-refractivity contribution in [1.82, 2.24) is 5.32 Å². The summed E-state index contributed by atoms with van der Waals surface area (Å²) in [5.41, 5.74) is 0.345. The first-order valence-corrected chi connectivity index (χ1v) is 4.61. The summed E-state index contributed by atoms with van der Waals surface area (Å²) in [6.45, 7) is 10.9. The third-order valence-corrected chi connectivity index (χ3v) is 2.46. The predicted molar refractivity (Wildman–Crippen MR) is 56.3 cm³/mol. The van der Waals surface area contributed by atoms with Crippen molar-refractivity contribution >= 4 is 0 Å². The van der Waals surface area contributed by atoms with Crippen LogP contribution in [0.3, 0.4) is 0 Å². The second-order valence-electron chi connectivity index (χ2n) is 3.37. The van der Waals surface area contributed by atoms with Crippen molar-refractivity contribution in [2.24, 2.45) is 5.41 Å². The van der Waals surface area contributed by atoms with Crippen molar-refractivity contribution in [3.05, 3.63) is 25.3 Å². The van der Waals surface area contributed by atoms with Gasteiger partial charge in [-0.25, -0.2) is 0 Å². The summed E-state index contributed by atoms with van der Waals surface area (Å²) < 4.78 is 0. The van der Waals surface area contributed by atoms with E-state index in [0.29, 0.717) is 5.41 Å². The molecule has 0 fully saturated rings. The normalized spacial score (nSPS) is 11.2. The Kier molecular flexibility index (Phi) is 5.73. The van der Waals surface area contributed by atoms with Crippen LogP contribution >= 0.6 is 0 Å². The Morgan fingerprint density at radius 3 is 2.00 bits per heavy atom. The third kappa shape index (κ3) is 3.22. The van der Waals surface area contributed by atoms with E-state index in [1.165, 1.54) is 6.42 Å². The van der Waals surface area contributed by atoms with Crippen LogP contribution in [-0.2, 0) is 0 Å². The van der Waals surface area contributed by atoms with Crippen LogP contribution < -0.4 is 5.32 Å². The highest BCUT2D eigenvalue weighted by Crippen LogP contribution is 2.30. The van der Waals surface area contributed by atoms with Gasteiger partial charge < -0.3 is 5.32 Å². The summed E-state index contributed by atoms with van der Waals surface area (Å²) in [6.07, 6.45) is 7.31. The Bertz CT molecular complexity index is 128. The zero-order valence-corrected chi connectivity index (χ0v) is 8.40. The lowest BCUT2D eigenvalue weighted by Crippen LogP contribution is -2.31. The molecule has 0 atom stereocenters. The molecule has 0 rings (SSSR count). The van der Waals surface area contributed by atoms with Gasteiger partial charge in [0.15, 0.2) is 0 Å². The summed E-state index contributed by atoms with van der Waals surface area (Å²) >= 11 is 0. The second-order valence-corrected chi connectivity index (χ2v) is 3.37. The number of rotatable bonds is 7. The first-order chi connectivity index (χ1) is 5.74. The van der Waals surface area contributed by atoms with Gasteiger partial charge in [0, 0.05) is 6.54 Å². The molecule has 0 unspecified atom stereocenters. The van der Waals surface area contributed by atoms with Crippen LogP contribution in [0.25, 0.3) is 0 Å². The summed E-state index contributed by atoms with van der Waals surface area (Å²) in [6, 6.07) is 0. The molecule has 0 spiro atoms. The highest BCUT2D eigenvalue weighted by Gasteiger charge is 2.23. The highest BCUT2D eigenvalue weighted by molar-refractivity contribution is 4.91. The molecule has 0 aliphatic rings. The SMILES string of the molecule is C=CCC(CC)(CC=C)CNC. The highest BCUT2D eigenvalue weighted by atomic mass is 14.8. The predicted octanol–water partition coefficient (Wildman–Crippen LogP) is 2.75. The van der Waals surface area contributed by atoms with Crippen LogP contribution in [0, 0.1) is 5.41 Å². The molecule has 0 saturated heterocycles. The molecule has 1 heteroatoms. The Balaban J connectivity index is 4.25. The average Bonchev–Trinajstić information content (AvgIpc) is 2.06. The van der Waals surface area contributed by atoms with Gasteiger partial charge in [0.25, 0.3) is 0 Å². The largest absolute Gasteiger partial charge is 0.319 e. The van der Waals surface area contributed by atoms with Crippen molar-refractivity contribution in [2.45, 2.75) is 26.2 Å². The smallest absolute Gasteiger partial charge is 0.00106 e. The van der Waals surface area contributed by atoms with Gasteiger partial charge in [0.1, 0.15) is 0 Å². The molecule has 0 aromatic heterocycles. The molecule has 0 saturated carbocycles. The van der Waals surface area contributed by atoms with Crippen LogP contribution in [-0.4, -0.2) is 13.6 Å². The van der Waals surface area contributed by atoms with Gasteiger partial charge in [-0.3, -0.25) is 0 Å². The molecule has 0 aromatic rings. The number of hydrogen-bond acceptors (Lipinski definition) is 1. The van der Waals surface area contributed by atoms with Crippen LogP contribution in [0.15, 0.2) is 25.3 Å². The molecule has 0 aliphatic carbocycles. The zero-order valence-electron chi connectivity index (χ0n) is 8.40. The van der Waals surface area contributed by atoms with E-state index < -0.39 is 0 Å². The number of hydrogen-bond donors (Lipinski definition) is 1. The van der Waals surface area contributed by atoms with E-state index in [1.54, 1.807) is 0 Å². The van der Waals surface area contributed by atoms with E-state index in [0.717, 1.165) is 19.4 Å². The fraction of sp³-hybridized carbons (Fsp3) is 0.636. The first-order valence-electron chi connectivity index (χ1n) is 4.61. The molecule has 0 aromatic carbocycles. The molecule has 70 valence electrons. The van der Waals surface area contributed by atoms with Gasteiger partial charge in [0.2, 0.25) is 0 Å². The monoisotopic (exact) mass is 167 g/mol. The lowest BCUT2D eigenvalue weighted by molar-refractivity contribution is 0.273. The van der Waals surface area contributed by atoms with Gasteiger partial charge in [-0.1, -0.05) is 19.1 Å². The Morgan fingerprint density at radius 1 is 1.25 bits per heavy atom. The number of nitrogens with one attached hydrogen (secondary N) is 1. The van der Waals surface area contributed by atoms with Crippen LogP contribution in [0.2, 0.25) is 0 Å². The van der Waals surface area contributed by atoms with Gasteiger partial charge in [-0.2, -0.15) is 0 Å². The fourth-order valence-corrected chi connectivity index (χ4v) is 1.63. The Hall–Kier alpha value is -0.560. The first kappa shape index (κ1) is 11.4. The van der Waals surface area contributed by atoms with Crippen LogP contribution in [0.5, 0.6) is 0 Å². The Morgan fingerprint density at radius 2 is 1.75 bits per heavy atom. The van der Waals surface area contributed by atoms with Gasteiger partial charge in [-0.15, -0.1) is 13.2 Å². The molecule has 0 aliphatic heterocycles. The van der Waals surface area contributed by atoms with E-state index in [9.17, 15) is 0 Å². The third-order valence-electron chi connectivity index (χ3n) is 2.46. The standard InChI is InChI=1S/C11H21N/c1-5-8-11(7-3,9-6-2)10-12-4/h5-6,12H,1-2,7-10H2,3-4H3. The minimum absolute atomic E-state index is 0.345. The second kappa shape index (κ2) is 6.01. The molecule has 0 heterocycles. The molecule has 0 radical (unpaired) electrons. The summed E-state index contributed by atoms with van der Waals surface area (Å²) in [5.74, 6) is 0. The molecule has 1 nitrogen and oxygen atoms in total. The maximum atomic E-state index is 3.80. The summed E-state index contributed by atoms with van der Waals surface area (Å²) in [4.78, 5) is 0. The van der Waals surface area contributed by atoms with Gasteiger partial charge >= 0.3 is 0 Å². The zero-order chi connectivity index (χ0) is 9.45. The topological polar surface area (TPSA) is 12.0 Å². The van der Waals surface area contributed by atoms with E-state index in [-0.39, 0.29) is 0 Å². The molecule has 12 heavy (non-hydrogen) atoms. The van der Waals surface area contributed by atoms with Gasteiger partial charge in [0.05, 0.1) is 0 Å². The maximum Gasteiger partial charge on any atom is 0.00106 e. The van der Waals surface area contributed by atoms with Crippen LogP contribution in [0.1, 0.15) is 26.2 Å².